The van der Waals surface area contributed by atoms with Crippen molar-refractivity contribution < 1.29 is 27.5 Å². The van der Waals surface area contributed by atoms with Gasteiger partial charge in [0.2, 0.25) is 5.91 Å². The van der Waals surface area contributed by atoms with E-state index in [1.165, 1.54) is 27.2 Å². The fraction of sp³-hybridized carbons (Fsp3) is 0.320. The van der Waals surface area contributed by atoms with Crippen LogP contribution < -0.4 is 10.6 Å². The Kier molecular flexibility index (Phi) is 6.91. The van der Waals surface area contributed by atoms with Crippen LogP contribution in [-0.4, -0.2) is 45.7 Å². The summed E-state index contributed by atoms with van der Waals surface area (Å²) in [5.41, 5.74) is 3.05. The number of hydrogen-bond acceptors (Lipinski definition) is 5. The fourth-order valence-corrected chi connectivity index (χ4v) is 4.39. The number of benzene rings is 1. The molecule has 4 rings (SSSR count). The predicted molar refractivity (Wildman–Crippen MR) is 131 cm³/mol. The normalized spacial score (nSPS) is 12.6. The molecule has 0 spiro atoms. The number of halogens is 3. The highest BCUT2D eigenvalue weighted by Crippen LogP contribution is 2.34. The van der Waals surface area contributed by atoms with Crippen LogP contribution in [0.4, 0.5) is 24.5 Å². The summed E-state index contributed by atoms with van der Waals surface area (Å²) in [7, 11) is 1.24. The highest BCUT2D eigenvalue weighted by atomic mass is 19.4. The third-order valence-corrected chi connectivity index (χ3v) is 5.81. The topological polar surface area (TPSA) is 101 Å². The van der Waals surface area contributed by atoms with E-state index >= 15 is 0 Å². The molecular weight excluding hydrogens is 475 g/mol. The standard InChI is InChI=1S/C25H26F3N5O3/c1-14(11-25(26,27)28)31-17-10-19-21(32-15(2)34)22(24(35)36-3)33(23(19)30-13-17)9-8-16-12-29-20-7-5-4-6-18(16)20/h4-7,10,12-14,29,31H,8-9,11H2,1-3H3,(H,32,34). The molecule has 1 aromatic carbocycles. The fourth-order valence-electron chi connectivity index (χ4n) is 4.39. The number of alkyl halides is 3. The average Bonchev–Trinajstić information content (AvgIpc) is 3.34. The summed E-state index contributed by atoms with van der Waals surface area (Å²) in [5, 5.41) is 6.93. The lowest BCUT2D eigenvalue weighted by Gasteiger charge is -2.17. The number of pyridine rings is 1. The van der Waals surface area contributed by atoms with Gasteiger partial charge in [-0.2, -0.15) is 13.2 Å². The van der Waals surface area contributed by atoms with Crippen LogP contribution >= 0.6 is 0 Å². The first-order valence-electron chi connectivity index (χ1n) is 11.3. The molecule has 0 saturated carbocycles. The summed E-state index contributed by atoms with van der Waals surface area (Å²) in [5.74, 6) is -1.09. The summed E-state index contributed by atoms with van der Waals surface area (Å²) >= 11 is 0. The average molecular weight is 502 g/mol. The molecule has 1 amide bonds. The first-order chi connectivity index (χ1) is 17.1. The number of esters is 1. The van der Waals surface area contributed by atoms with E-state index in [2.05, 4.69) is 20.6 Å². The van der Waals surface area contributed by atoms with E-state index in [1.807, 2.05) is 30.5 Å². The van der Waals surface area contributed by atoms with E-state index in [4.69, 9.17) is 4.74 Å². The van der Waals surface area contributed by atoms with Crippen LogP contribution in [0.3, 0.4) is 0 Å². The number of ether oxygens (including phenoxy) is 1. The third kappa shape index (κ3) is 5.29. The Bertz CT molecular complexity index is 1420. The number of anilines is 2. The molecule has 36 heavy (non-hydrogen) atoms. The van der Waals surface area contributed by atoms with Gasteiger partial charge in [-0.25, -0.2) is 9.78 Å². The molecule has 0 aliphatic rings. The van der Waals surface area contributed by atoms with Gasteiger partial charge in [-0.3, -0.25) is 4.79 Å². The molecular formula is C25H26F3N5O3. The van der Waals surface area contributed by atoms with Crippen molar-refractivity contribution in [3.63, 3.8) is 0 Å². The Hall–Kier alpha value is -4.02. The highest BCUT2D eigenvalue weighted by Gasteiger charge is 2.30. The number of carbonyl (C=O) groups excluding carboxylic acids is 2. The van der Waals surface area contributed by atoms with Crippen LogP contribution in [0.15, 0.2) is 42.7 Å². The van der Waals surface area contributed by atoms with Gasteiger partial charge in [0.1, 0.15) is 5.65 Å². The van der Waals surface area contributed by atoms with E-state index in [0.29, 0.717) is 29.7 Å². The lowest BCUT2D eigenvalue weighted by molar-refractivity contribution is -0.136. The number of carbonyl (C=O) groups is 2. The van der Waals surface area contributed by atoms with Crippen LogP contribution in [0, 0.1) is 0 Å². The van der Waals surface area contributed by atoms with E-state index < -0.39 is 30.5 Å². The van der Waals surface area contributed by atoms with Gasteiger partial charge in [0.05, 0.1) is 31.1 Å². The molecule has 3 heterocycles. The first-order valence-corrected chi connectivity index (χ1v) is 11.3. The lowest BCUT2D eigenvalue weighted by atomic mass is 10.1. The molecule has 4 aromatic rings. The van der Waals surface area contributed by atoms with Crippen molar-refractivity contribution in [1.29, 1.82) is 0 Å². The van der Waals surface area contributed by atoms with Crippen molar-refractivity contribution in [2.24, 2.45) is 0 Å². The molecule has 0 bridgehead atoms. The Balaban J connectivity index is 1.77. The largest absolute Gasteiger partial charge is 0.464 e. The molecule has 0 aliphatic carbocycles. The van der Waals surface area contributed by atoms with E-state index in [9.17, 15) is 22.8 Å². The maximum atomic E-state index is 12.8. The Morgan fingerprint density at radius 3 is 2.67 bits per heavy atom. The number of hydrogen-bond donors (Lipinski definition) is 3. The monoisotopic (exact) mass is 501 g/mol. The maximum absolute atomic E-state index is 12.8. The van der Waals surface area contributed by atoms with Gasteiger partial charge in [-0.1, -0.05) is 18.2 Å². The van der Waals surface area contributed by atoms with Crippen molar-refractivity contribution in [3.8, 4) is 0 Å². The minimum absolute atomic E-state index is 0.107. The van der Waals surface area contributed by atoms with Crippen LogP contribution in [0.1, 0.15) is 36.3 Å². The number of nitrogens with zero attached hydrogens (tertiary/aromatic N) is 2. The number of H-pyrrole nitrogens is 1. The Morgan fingerprint density at radius 1 is 1.22 bits per heavy atom. The van der Waals surface area contributed by atoms with Crippen LogP contribution in [-0.2, 0) is 22.5 Å². The number of rotatable bonds is 8. The second-order valence-electron chi connectivity index (χ2n) is 8.62. The van der Waals surface area contributed by atoms with Crippen molar-refractivity contribution >= 4 is 45.2 Å². The minimum Gasteiger partial charge on any atom is -0.464 e. The van der Waals surface area contributed by atoms with Gasteiger partial charge < -0.3 is 24.9 Å². The number of nitrogens with one attached hydrogen (secondary N) is 3. The smallest absolute Gasteiger partial charge is 0.391 e. The van der Waals surface area contributed by atoms with Gasteiger partial charge in [-0.05, 0) is 31.0 Å². The molecule has 0 saturated heterocycles. The Labute approximate surface area is 204 Å². The summed E-state index contributed by atoms with van der Waals surface area (Å²) in [4.78, 5) is 32.5. The number of amides is 1. The molecule has 0 radical (unpaired) electrons. The number of aromatic amines is 1. The molecule has 0 aliphatic heterocycles. The molecule has 190 valence electrons. The minimum atomic E-state index is -4.32. The highest BCUT2D eigenvalue weighted by molar-refractivity contribution is 6.11. The van der Waals surface area contributed by atoms with Crippen LogP contribution in [0.5, 0.6) is 0 Å². The quantitative estimate of drug-likeness (QED) is 0.286. The first kappa shape index (κ1) is 25.1. The molecule has 0 fully saturated rings. The number of aryl methyl sites for hydroxylation is 2. The second kappa shape index (κ2) is 9.92. The SMILES string of the molecule is COC(=O)c1c(NC(C)=O)c2cc(NC(C)CC(F)(F)F)cnc2n1CCc1c[nH]c2ccccc12. The van der Waals surface area contributed by atoms with Gasteiger partial charge in [-0.15, -0.1) is 0 Å². The van der Waals surface area contributed by atoms with Crippen molar-refractivity contribution in [2.75, 3.05) is 17.7 Å². The molecule has 8 nitrogen and oxygen atoms in total. The van der Waals surface area contributed by atoms with Crippen molar-refractivity contribution in [1.82, 2.24) is 14.5 Å². The number of methoxy groups -OCH3 is 1. The zero-order chi connectivity index (χ0) is 26.0. The van der Waals surface area contributed by atoms with E-state index in [1.54, 1.807) is 10.6 Å². The summed E-state index contributed by atoms with van der Waals surface area (Å²) in [6.45, 7) is 3.06. The number of aromatic nitrogens is 3. The maximum Gasteiger partial charge on any atom is 0.391 e. The second-order valence-corrected chi connectivity index (χ2v) is 8.62. The zero-order valence-electron chi connectivity index (χ0n) is 20.0. The summed E-state index contributed by atoms with van der Waals surface area (Å²) in [6.07, 6.45) is -1.49. The number of fused-ring (bicyclic) bond motifs is 2. The zero-order valence-corrected chi connectivity index (χ0v) is 20.0. The molecule has 3 aromatic heterocycles. The Morgan fingerprint density at radius 2 is 1.97 bits per heavy atom. The predicted octanol–water partition coefficient (Wildman–Crippen LogP) is 5.26. The molecule has 3 N–H and O–H groups in total. The molecule has 1 atom stereocenters. The van der Waals surface area contributed by atoms with Gasteiger partial charge in [0.15, 0.2) is 5.69 Å². The molecule has 11 heteroatoms. The summed E-state index contributed by atoms with van der Waals surface area (Å²) < 4.78 is 45.0. The van der Waals surface area contributed by atoms with E-state index in [0.717, 1.165) is 16.5 Å². The number of para-hydroxylation sites is 1. The van der Waals surface area contributed by atoms with E-state index in [-0.39, 0.29) is 11.4 Å². The van der Waals surface area contributed by atoms with Gasteiger partial charge in [0, 0.05) is 42.0 Å². The van der Waals surface area contributed by atoms with Crippen LogP contribution in [0.25, 0.3) is 21.9 Å². The van der Waals surface area contributed by atoms with Crippen molar-refractivity contribution in [2.45, 2.75) is 45.5 Å². The lowest BCUT2D eigenvalue weighted by Crippen LogP contribution is -2.23. The summed E-state index contributed by atoms with van der Waals surface area (Å²) in [6, 6.07) is 8.51. The van der Waals surface area contributed by atoms with Crippen molar-refractivity contribution in [3.05, 3.63) is 54.0 Å². The van der Waals surface area contributed by atoms with Gasteiger partial charge in [0.25, 0.3) is 0 Å². The van der Waals surface area contributed by atoms with Gasteiger partial charge >= 0.3 is 12.1 Å². The third-order valence-electron chi connectivity index (χ3n) is 5.81. The molecule has 1 unspecified atom stereocenters. The van der Waals surface area contributed by atoms with Crippen LogP contribution in [0.2, 0.25) is 0 Å².